The topological polar surface area (TPSA) is 81.1 Å². The smallest absolute Gasteiger partial charge is 0.251 e. The lowest BCUT2D eigenvalue weighted by Crippen LogP contribution is -2.22. The summed E-state index contributed by atoms with van der Waals surface area (Å²) in [5, 5.41) is 2.87. The Kier molecular flexibility index (Phi) is 4.38. The molecule has 0 saturated heterocycles. The number of carbonyl (C=O) groups excluding carboxylic acids is 1. The van der Waals surface area contributed by atoms with Crippen LogP contribution < -0.4 is 16.8 Å². The van der Waals surface area contributed by atoms with E-state index < -0.39 is 0 Å². The molecule has 4 heteroatoms. The lowest BCUT2D eigenvalue weighted by molar-refractivity contribution is 0.0951. The fraction of sp³-hybridized carbons (Fsp3) is 0.188. The van der Waals surface area contributed by atoms with E-state index in [9.17, 15) is 4.79 Å². The first-order valence-corrected chi connectivity index (χ1v) is 6.52. The van der Waals surface area contributed by atoms with Gasteiger partial charge in [-0.3, -0.25) is 4.79 Å². The zero-order valence-electron chi connectivity index (χ0n) is 11.5. The largest absolute Gasteiger partial charge is 0.398 e. The summed E-state index contributed by atoms with van der Waals surface area (Å²) >= 11 is 0. The van der Waals surface area contributed by atoms with Gasteiger partial charge >= 0.3 is 0 Å². The lowest BCUT2D eigenvalue weighted by Gasteiger charge is -2.08. The molecule has 0 bridgehead atoms. The van der Waals surface area contributed by atoms with E-state index in [2.05, 4.69) is 5.32 Å². The minimum atomic E-state index is -0.125. The van der Waals surface area contributed by atoms with Gasteiger partial charge in [-0.05, 0) is 35.7 Å². The molecule has 2 aromatic carbocycles. The number of benzene rings is 2. The zero-order chi connectivity index (χ0) is 14.5. The van der Waals surface area contributed by atoms with Crippen LogP contribution in [-0.4, -0.2) is 5.91 Å². The van der Waals surface area contributed by atoms with Crippen LogP contribution in [0.15, 0.2) is 42.5 Å². The number of nitrogens with two attached hydrogens (primary N) is 2. The Hall–Kier alpha value is -2.33. The summed E-state index contributed by atoms with van der Waals surface area (Å²) < 4.78 is 0. The Bertz CT molecular complexity index is 606. The maximum Gasteiger partial charge on any atom is 0.251 e. The van der Waals surface area contributed by atoms with Crippen molar-refractivity contribution in [3.63, 3.8) is 0 Å². The lowest BCUT2D eigenvalue weighted by atomic mass is 10.1. The second kappa shape index (κ2) is 6.21. The van der Waals surface area contributed by atoms with Crippen molar-refractivity contribution >= 4 is 11.6 Å². The predicted octanol–water partition coefficient (Wildman–Crippen LogP) is 1.97. The summed E-state index contributed by atoms with van der Waals surface area (Å²) in [6.07, 6.45) is 0. The van der Waals surface area contributed by atoms with Crippen molar-refractivity contribution in [2.24, 2.45) is 5.73 Å². The molecule has 20 heavy (non-hydrogen) atoms. The van der Waals surface area contributed by atoms with Gasteiger partial charge in [0, 0.05) is 24.3 Å². The molecule has 0 aliphatic heterocycles. The van der Waals surface area contributed by atoms with Gasteiger partial charge in [0.25, 0.3) is 5.91 Å². The van der Waals surface area contributed by atoms with E-state index in [1.54, 1.807) is 12.1 Å². The van der Waals surface area contributed by atoms with Crippen LogP contribution in [0.3, 0.4) is 0 Å². The molecule has 0 heterocycles. The van der Waals surface area contributed by atoms with E-state index in [0.29, 0.717) is 24.3 Å². The Morgan fingerprint density at radius 3 is 2.35 bits per heavy atom. The molecule has 0 saturated carbocycles. The number of anilines is 1. The van der Waals surface area contributed by atoms with Crippen LogP contribution in [0.2, 0.25) is 0 Å². The van der Waals surface area contributed by atoms with Crippen molar-refractivity contribution in [1.29, 1.82) is 0 Å². The maximum atomic E-state index is 12.0. The third-order valence-electron chi connectivity index (χ3n) is 3.25. The van der Waals surface area contributed by atoms with Crippen LogP contribution in [0.5, 0.6) is 0 Å². The molecule has 2 rings (SSSR count). The number of rotatable bonds is 4. The molecule has 104 valence electrons. The molecule has 0 fully saturated rings. The molecule has 4 nitrogen and oxygen atoms in total. The first kappa shape index (κ1) is 14.1. The zero-order valence-corrected chi connectivity index (χ0v) is 11.5. The second-order valence-electron chi connectivity index (χ2n) is 4.77. The fourth-order valence-corrected chi connectivity index (χ4v) is 1.86. The van der Waals surface area contributed by atoms with Crippen molar-refractivity contribution in [3.8, 4) is 0 Å². The Labute approximate surface area is 118 Å². The van der Waals surface area contributed by atoms with Gasteiger partial charge in [-0.15, -0.1) is 0 Å². The number of hydrogen-bond acceptors (Lipinski definition) is 3. The second-order valence-corrected chi connectivity index (χ2v) is 4.77. The first-order valence-electron chi connectivity index (χ1n) is 6.52. The molecular formula is C16H19N3O. The molecule has 0 aliphatic rings. The standard InChI is InChI=1S/C16H19N3O/c1-11-2-7-14(8-15(11)18)16(20)19-10-13-5-3-12(9-17)4-6-13/h2-8H,9-10,17-18H2,1H3,(H,19,20). The van der Waals surface area contributed by atoms with Gasteiger partial charge < -0.3 is 16.8 Å². The predicted molar refractivity (Wildman–Crippen MR) is 81.1 cm³/mol. The van der Waals surface area contributed by atoms with Gasteiger partial charge in [0.2, 0.25) is 0 Å². The average Bonchev–Trinajstić information content (AvgIpc) is 2.48. The van der Waals surface area contributed by atoms with Gasteiger partial charge in [-0.2, -0.15) is 0 Å². The van der Waals surface area contributed by atoms with Gasteiger partial charge in [0.05, 0.1) is 0 Å². The maximum absolute atomic E-state index is 12.0. The Balaban J connectivity index is 1.98. The van der Waals surface area contributed by atoms with E-state index in [4.69, 9.17) is 11.5 Å². The number of nitrogen functional groups attached to an aromatic ring is 1. The van der Waals surface area contributed by atoms with E-state index in [-0.39, 0.29) is 5.91 Å². The van der Waals surface area contributed by atoms with E-state index in [0.717, 1.165) is 16.7 Å². The normalized spacial score (nSPS) is 10.3. The SMILES string of the molecule is Cc1ccc(C(=O)NCc2ccc(CN)cc2)cc1N. The minimum absolute atomic E-state index is 0.125. The van der Waals surface area contributed by atoms with E-state index >= 15 is 0 Å². The molecule has 2 aromatic rings. The number of nitrogens with one attached hydrogen (secondary N) is 1. The highest BCUT2D eigenvalue weighted by atomic mass is 16.1. The molecule has 5 N–H and O–H groups in total. The molecule has 0 aliphatic carbocycles. The minimum Gasteiger partial charge on any atom is -0.398 e. The molecular weight excluding hydrogens is 250 g/mol. The van der Waals surface area contributed by atoms with Crippen LogP contribution in [0.4, 0.5) is 5.69 Å². The summed E-state index contributed by atoms with van der Waals surface area (Å²) in [6, 6.07) is 13.2. The summed E-state index contributed by atoms with van der Waals surface area (Å²) in [4.78, 5) is 12.0. The molecule has 0 atom stereocenters. The van der Waals surface area contributed by atoms with Crippen LogP contribution in [0.1, 0.15) is 27.0 Å². The van der Waals surface area contributed by atoms with Crippen LogP contribution in [0, 0.1) is 6.92 Å². The fourth-order valence-electron chi connectivity index (χ4n) is 1.86. The van der Waals surface area contributed by atoms with Crippen molar-refractivity contribution in [3.05, 3.63) is 64.7 Å². The van der Waals surface area contributed by atoms with Crippen LogP contribution in [0.25, 0.3) is 0 Å². The molecule has 0 aromatic heterocycles. The number of carbonyl (C=O) groups is 1. The summed E-state index contributed by atoms with van der Waals surface area (Å²) in [5.41, 5.74) is 15.6. The van der Waals surface area contributed by atoms with Crippen molar-refractivity contribution in [2.45, 2.75) is 20.0 Å². The average molecular weight is 269 g/mol. The monoisotopic (exact) mass is 269 g/mol. The summed E-state index contributed by atoms with van der Waals surface area (Å²) in [7, 11) is 0. The van der Waals surface area contributed by atoms with Gasteiger partial charge in [0.1, 0.15) is 0 Å². The number of hydrogen-bond donors (Lipinski definition) is 3. The third-order valence-corrected chi connectivity index (χ3v) is 3.25. The van der Waals surface area contributed by atoms with Gasteiger partial charge in [-0.1, -0.05) is 30.3 Å². The van der Waals surface area contributed by atoms with E-state index in [1.807, 2.05) is 37.3 Å². The quantitative estimate of drug-likeness (QED) is 0.742. The molecule has 0 radical (unpaired) electrons. The highest BCUT2D eigenvalue weighted by Gasteiger charge is 2.06. The Morgan fingerprint density at radius 1 is 1.10 bits per heavy atom. The van der Waals surface area contributed by atoms with Gasteiger partial charge in [-0.25, -0.2) is 0 Å². The highest BCUT2D eigenvalue weighted by molar-refractivity contribution is 5.95. The number of amides is 1. The third kappa shape index (κ3) is 3.36. The van der Waals surface area contributed by atoms with E-state index in [1.165, 1.54) is 0 Å². The summed E-state index contributed by atoms with van der Waals surface area (Å²) in [5.74, 6) is -0.125. The van der Waals surface area contributed by atoms with Crippen molar-refractivity contribution < 1.29 is 4.79 Å². The first-order chi connectivity index (χ1) is 9.60. The van der Waals surface area contributed by atoms with Crippen LogP contribution >= 0.6 is 0 Å². The van der Waals surface area contributed by atoms with Crippen molar-refractivity contribution in [1.82, 2.24) is 5.32 Å². The molecule has 0 spiro atoms. The molecule has 1 amide bonds. The molecule has 0 unspecified atom stereocenters. The number of aryl methyl sites for hydroxylation is 1. The van der Waals surface area contributed by atoms with Crippen molar-refractivity contribution in [2.75, 3.05) is 5.73 Å². The summed E-state index contributed by atoms with van der Waals surface area (Å²) in [6.45, 7) is 2.92. The highest BCUT2D eigenvalue weighted by Crippen LogP contribution is 2.13. The van der Waals surface area contributed by atoms with Crippen LogP contribution in [-0.2, 0) is 13.1 Å². The van der Waals surface area contributed by atoms with Gasteiger partial charge in [0.15, 0.2) is 0 Å². The Morgan fingerprint density at radius 2 is 1.75 bits per heavy atom.